The van der Waals surface area contributed by atoms with Gasteiger partial charge in [0.1, 0.15) is 0 Å². The summed E-state index contributed by atoms with van der Waals surface area (Å²) >= 11 is 1.85. The highest BCUT2D eigenvalue weighted by atomic mass is 32.1. The molecule has 0 N–H and O–H groups in total. The molecule has 1 atom stereocenters. The Bertz CT molecular complexity index is 413. The van der Waals surface area contributed by atoms with Gasteiger partial charge >= 0.3 is 0 Å². The van der Waals surface area contributed by atoms with E-state index in [4.69, 9.17) is 0 Å². The largest absolute Gasteiger partial charge is 0.144 e. The second-order valence-corrected chi connectivity index (χ2v) is 5.04. The van der Waals surface area contributed by atoms with Gasteiger partial charge in [0.2, 0.25) is 0 Å². The number of thiophene rings is 1. The molecule has 1 heterocycles. The van der Waals surface area contributed by atoms with Gasteiger partial charge in [0.05, 0.1) is 0 Å². The minimum atomic E-state index is 0.853. The van der Waals surface area contributed by atoms with E-state index in [0.29, 0.717) is 0 Å². The molecule has 0 spiro atoms. The highest BCUT2D eigenvalue weighted by Crippen LogP contribution is 2.32. The molecule has 2 aromatic rings. The molecule has 0 aliphatic heterocycles. The summed E-state index contributed by atoms with van der Waals surface area (Å²) in [4.78, 5) is 0. The summed E-state index contributed by atoms with van der Waals surface area (Å²) in [5.41, 5.74) is 3.17. The first kappa shape index (κ1) is 7.57. The van der Waals surface area contributed by atoms with Gasteiger partial charge in [-0.25, -0.2) is 0 Å². The van der Waals surface area contributed by atoms with Crippen LogP contribution in [0.25, 0.3) is 10.1 Å². The standard InChI is InChI=1S/C12H12S/c1-8-4-10-6-9-2-3-13-12(9)7-11(10)5-8/h2-3,6-8H,4-5H2,1H3. The van der Waals surface area contributed by atoms with Crippen molar-refractivity contribution < 1.29 is 0 Å². The normalized spacial score (nSPS) is 20.8. The molecule has 1 aromatic carbocycles. The molecule has 0 radical (unpaired) electrons. The van der Waals surface area contributed by atoms with Gasteiger partial charge in [-0.1, -0.05) is 13.0 Å². The Morgan fingerprint density at radius 3 is 2.85 bits per heavy atom. The Labute approximate surface area is 82.2 Å². The molecule has 1 aliphatic carbocycles. The quantitative estimate of drug-likeness (QED) is 0.592. The summed E-state index contributed by atoms with van der Waals surface area (Å²) in [5.74, 6) is 0.853. The van der Waals surface area contributed by atoms with Crippen LogP contribution in [0.1, 0.15) is 18.1 Å². The highest BCUT2D eigenvalue weighted by molar-refractivity contribution is 7.17. The van der Waals surface area contributed by atoms with E-state index in [1.807, 2.05) is 11.3 Å². The van der Waals surface area contributed by atoms with E-state index in [9.17, 15) is 0 Å². The molecule has 0 fully saturated rings. The van der Waals surface area contributed by atoms with Gasteiger partial charge in [0.25, 0.3) is 0 Å². The third-order valence-corrected chi connectivity index (χ3v) is 3.79. The van der Waals surface area contributed by atoms with Crippen LogP contribution in [-0.2, 0) is 12.8 Å². The lowest BCUT2D eigenvalue weighted by molar-refractivity contribution is 0.628. The zero-order valence-electron chi connectivity index (χ0n) is 7.71. The van der Waals surface area contributed by atoms with Crippen LogP contribution in [0.15, 0.2) is 23.6 Å². The SMILES string of the molecule is CC1Cc2cc3ccsc3cc2C1. The summed E-state index contributed by atoms with van der Waals surface area (Å²) in [7, 11) is 0. The van der Waals surface area contributed by atoms with Gasteiger partial charge in [-0.2, -0.15) is 0 Å². The molecule has 0 nitrogen and oxygen atoms in total. The van der Waals surface area contributed by atoms with Crippen molar-refractivity contribution in [1.29, 1.82) is 0 Å². The average molecular weight is 188 g/mol. The van der Waals surface area contributed by atoms with Gasteiger partial charge in [0, 0.05) is 4.70 Å². The Morgan fingerprint density at radius 2 is 2.00 bits per heavy atom. The molecule has 66 valence electrons. The van der Waals surface area contributed by atoms with Crippen LogP contribution in [-0.4, -0.2) is 0 Å². The number of hydrogen-bond acceptors (Lipinski definition) is 1. The highest BCUT2D eigenvalue weighted by Gasteiger charge is 2.17. The number of rotatable bonds is 0. The minimum Gasteiger partial charge on any atom is -0.144 e. The summed E-state index contributed by atoms with van der Waals surface area (Å²) in [5, 5.41) is 3.61. The van der Waals surface area contributed by atoms with Crippen LogP contribution in [0, 0.1) is 5.92 Å². The first-order valence-corrected chi connectivity index (χ1v) is 5.70. The van der Waals surface area contributed by atoms with Crippen molar-refractivity contribution in [3.8, 4) is 0 Å². The molecule has 0 amide bonds. The fraction of sp³-hybridized carbons (Fsp3) is 0.333. The molecule has 0 saturated carbocycles. The maximum Gasteiger partial charge on any atom is 0.0345 e. The molecule has 1 aromatic heterocycles. The van der Waals surface area contributed by atoms with Gasteiger partial charge < -0.3 is 0 Å². The third-order valence-electron chi connectivity index (χ3n) is 2.91. The zero-order chi connectivity index (χ0) is 8.84. The third kappa shape index (κ3) is 1.11. The van der Waals surface area contributed by atoms with Crippen LogP contribution >= 0.6 is 11.3 Å². The molecule has 0 bridgehead atoms. The maximum atomic E-state index is 2.39. The topological polar surface area (TPSA) is 0 Å². The van der Waals surface area contributed by atoms with Crippen molar-refractivity contribution in [3.63, 3.8) is 0 Å². The van der Waals surface area contributed by atoms with Crippen molar-refractivity contribution in [2.75, 3.05) is 0 Å². The summed E-state index contributed by atoms with van der Waals surface area (Å²) in [6.07, 6.45) is 2.56. The summed E-state index contributed by atoms with van der Waals surface area (Å²) < 4.78 is 1.45. The minimum absolute atomic E-state index is 0.853. The van der Waals surface area contributed by atoms with Crippen molar-refractivity contribution >= 4 is 21.4 Å². The van der Waals surface area contributed by atoms with Gasteiger partial charge in [-0.3, -0.25) is 0 Å². The smallest absolute Gasteiger partial charge is 0.0345 e. The number of hydrogen-bond donors (Lipinski definition) is 0. The number of fused-ring (bicyclic) bond motifs is 2. The second kappa shape index (κ2) is 2.58. The second-order valence-electron chi connectivity index (χ2n) is 4.09. The van der Waals surface area contributed by atoms with Crippen molar-refractivity contribution in [3.05, 3.63) is 34.7 Å². The Hall–Kier alpha value is -0.820. The van der Waals surface area contributed by atoms with E-state index in [0.717, 1.165) is 5.92 Å². The lowest BCUT2D eigenvalue weighted by Gasteiger charge is -1.97. The number of benzene rings is 1. The van der Waals surface area contributed by atoms with Gasteiger partial charge in [0.15, 0.2) is 0 Å². The zero-order valence-corrected chi connectivity index (χ0v) is 8.53. The molecule has 3 rings (SSSR count). The van der Waals surface area contributed by atoms with E-state index in [1.165, 1.54) is 22.9 Å². The fourth-order valence-electron chi connectivity index (χ4n) is 2.30. The van der Waals surface area contributed by atoms with Crippen molar-refractivity contribution in [2.45, 2.75) is 19.8 Å². The van der Waals surface area contributed by atoms with Crippen LogP contribution in [0.2, 0.25) is 0 Å². The molecule has 0 saturated heterocycles. The predicted octanol–water partition coefficient (Wildman–Crippen LogP) is 3.64. The van der Waals surface area contributed by atoms with Crippen LogP contribution in [0.4, 0.5) is 0 Å². The molecular weight excluding hydrogens is 176 g/mol. The lowest BCUT2D eigenvalue weighted by atomic mass is 10.1. The Balaban J connectivity index is 2.27. The molecule has 1 aliphatic rings. The molecule has 1 unspecified atom stereocenters. The maximum absolute atomic E-state index is 2.39. The van der Waals surface area contributed by atoms with Gasteiger partial charge in [-0.05, 0) is 52.8 Å². The predicted molar refractivity (Wildman–Crippen MR) is 58.4 cm³/mol. The van der Waals surface area contributed by atoms with Gasteiger partial charge in [-0.15, -0.1) is 11.3 Å². The van der Waals surface area contributed by atoms with E-state index in [-0.39, 0.29) is 0 Å². The average Bonchev–Trinajstić information content (AvgIpc) is 2.63. The van der Waals surface area contributed by atoms with Crippen molar-refractivity contribution in [2.24, 2.45) is 5.92 Å². The van der Waals surface area contributed by atoms with Crippen LogP contribution in [0.3, 0.4) is 0 Å². The Morgan fingerprint density at radius 1 is 1.23 bits per heavy atom. The first-order valence-electron chi connectivity index (χ1n) is 4.82. The van der Waals surface area contributed by atoms with E-state index >= 15 is 0 Å². The van der Waals surface area contributed by atoms with Crippen molar-refractivity contribution in [1.82, 2.24) is 0 Å². The van der Waals surface area contributed by atoms with E-state index in [2.05, 4.69) is 30.5 Å². The van der Waals surface area contributed by atoms with Crippen LogP contribution < -0.4 is 0 Å². The fourth-order valence-corrected chi connectivity index (χ4v) is 3.14. The van der Waals surface area contributed by atoms with E-state index < -0.39 is 0 Å². The lowest BCUT2D eigenvalue weighted by Crippen LogP contribution is -1.89. The molecule has 1 heteroatoms. The van der Waals surface area contributed by atoms with E-state index in [1.54, 1.807) is 11.1 Å². The molecule has 13 heavy (non-hydrogen) atoms. The monoisotopic (exact) mass is 188 g/mol. The van der Waals surface area contributed by atoms with Crippen LogP contribution in [0.5, 0.6) is 0 Å². The first-order chi connectivity index (χ1) is 6.33. The molecular formula is C12H12S. The summed E-state index contributed by atoms with van der Waals surface area (Å²) in [6, 6.07) is 6.99. The Kier molecular flexibility index (Phi) is 1.50. The summed E-state index contributed by atoms with van der Waals surface area (Å²) in [6.45, 7) is 2.34.